The Morgan fingerprint density at radius 3 is 2.63 bits per heavy atom. The summed E-state index contributed by atoms with van der Waals surface area (Å²) in [5.41, 5.74) is 0. The standard InChI is InChI=1S/C16H30N2O/c1-3-4-5-14-6-8-15(9-7-14)16(19)18-11-10-17-13(2)12-18/h13-15,17H,3-12H2,1-2H3/t13-,14?,15?/m1/s1. The van der Waals surface area contributed by atoms with E-state index in [1.165, 1.54) is 32.1 Å². The van der Waals surface area contributed by atoms with Gasteiger partial charge in [-0.1, -0.05) is 26.2 Å². The maximum absolute atomic E-state index is 12.5. The van der Waals surface area contributed by atoms with Gasteiger partial charge in [-0.2, -0.15) is 0 Å². The molecule has 110 valence electrons. The summed E-state index contributed by atoms with van der Waals surface area (Å²) in [7, 11) is 0. The molecule has 1 saturated carbocycles. The van der Waals surface area contributed by atoms with Crippen LogP contribution in [-0.2, 0) is 4.79 Å². The van der Waals surface area contributed by atoms with Crippen molar-refractivity contribution in [3.8, 4) is 0 Å². The van der Waals surface area contributed by atoms with Crippen molar-refractivity contribution in [1.29, 1.82) is 0 Å². The Balaban J connectivity index is 1.75. The monoisotopic (exact) mass is 266 g/mol. The molecule has 0 aromatic heterocycles. The van der Waals surface area contributed by atoms with E-state index in [4.69, 9.17) is 0 Å². The highest BCUT2D eigenvalue weighted by Crippen LogP contribution is 2.33. The molecule has 2 fully saturated rings. The maximum Gasteiger partial charge on any atom is 0.225 e. The number of carbonyl (C=O) groups excluding carboxylic acids is 1. The number of amides is 1. The van der Waals surface area contributed by atoms with E-state index in [9.17, 15) is 4.79 Å². The van der Waals surface area contributed by atoms with E-state index in [0.717, 1.165) is 38.4 Å². The third kappa shape index (κ3) is 4.20. The average molecular weight is 266 g/mol. The van der Waals surface area contributed by atoms with Crippen LogP contribution in [0.5, 0.6) is 0 Å². The maximum atomic E-state index is 12.5. The smallest absolute Gasteiger partial charge is 0.225 e. The lowest BCUT2D eigenvalue weighted by molar-refractivity contribution is -0.138. The largest absolute Gasteiger partial charge is 0.340 e. The van der Waals surface area contributed by atoms with Crippen LogP contribution in [0.15, 0.2) is 0 Å². The molecule has 2 aliphatic rings. The molecule has 19 heavy (non-hydrogen) atoms. The molecule has 1 amide bonds. The van der Waals surface area contributed by atoms with Gasteiger partial charge in [0.1, 0.15) is 0 Å². The van der Waals surface area contributed by atoms with Gasteiger partial charge in [0, 0.05) is 31.6 Å². The number of rotatable bonds is 4. The molecule has 0 aromatic carbocycles. The molecule has 3 nitrogen and oxygen atoms in total. The van der Waals surface area contributed by atoms with Crippen LogP contribution in [0.3, 0.4) is 0 Å². The minimum atomic E-state index is 0.322. The van der Waals surface area contributed by atoms with Crippen LogP contribution >= 0.6 is 0 Å². The highest BCUT2D eigenvalue weighted by atomic mass is 16.2. The van der Waals surface area contributed by atoms with Gasteiger partial charge in [0.15, 0.2) is 0 Å². The molecule has 0 aromatic rings. The first-order chi connectivity index (χ1) is 9.20. The number of unbranched alkanes of at least 4 members (excludes halogenated alkanes) is 1. The summed E-state index contributed by atoms with van der Waals surface area (Å²) < 4.78 is 0. The summed E-state index contributed by atoms with van der Waals surface area (Å²) in [6.07, 6.45) is 8.85. The molecule has 1 N–H and O–H groups in total. The third-order valence-corrected chi connectivity index (χ3v) is 4.84. The number of hydrogen-bond acceptors (Lipinski definition) is 2. The zero-order valence-corrected chi connectivity index (χ0v) is 12.7. The normalized spacial score (nSPS) is 32.3. The minimum Gasteiger partial charge on any atom is -0.340 e. The lowest BCUT2D eigenvalue weighted by atomic mass is 9.79. The molecule has 0 bridgehead atoms. The number of nitrogens with one attached hydrogen (secondary N) is 1. The van der Waals surface area contributed by atoms with E-state index in [2.05, 4.69) is 24.1 Å². The quantitative estimate of drug-likeness (QED) is 0.848. The molecular formula is C16H30N2O. The van der Waals surface area contributed by atoms with E-state index < -0.39 is 0 Å². The zero-order valence-electron chi connectivity index (χ0n) is 12.7. The summed E-state index contributed by atoms with van der Waals surface area (Å²) >= 11 is 0. The van der Waals surface area contributed by atoms with Gasteiger partial charge in [0.25, 0.3) is 0 Å². The van der Waals surface area contributed by atoms with Crippen LogP contribution in [0.4, 0.5) is 0 Å². The van der Waals surface area contributed by atoms with Crippen LogP contribution < -0.4 is 5.32 Å². The summed E-state index contributed by atoms with van der Waals surface area (Å²) in [5.74, 6) is 1.65. The molecule has 1 saturated heterocycles. The van der Waals surface area contributed by atoms with Crippen molar-refractivity contribution >= 4 is 5.91 Å². The van der Waals surface area contributed by atoms with E-state index in [0.29, 0.717) is 17.9 Å². The fourth-order valence-electron chi connectivity index (χ4n) is 3.58. The molecule has 1 aliphatic heterocycles. The molecule has 1 aliphatic carbocycles. The van der Waals surface area contributed by atoms with Crippen molar-refractivity contribution in [2.45, 2.75) is 64.8 Å². The SMILES string of the molecule is CCCCC1CCC(C(=O)N2CCN[C@H](C)C2)CC1. The molecule has 3 heteroatoms. The van der Waals surface area contributed by atoms with Gasteiger partial charge in [0.05, 0.1) is 0 Å². The number of carbonyl (C=O) groups is 1. The predicted octanol–water partition coefficient (Wildman–Crippen LogP) is 2.80. The third-order valence-electron chi connectivity index (χ3n) is 4.84. The lowest BCUT2D eigenvalue weighted by Crippen LogP contribution is -2.53. The van der Waals surface area contributed by atoms with Gasteiger partial charge in [-0.3, -0.25) is 4.79 Å². The van der Waals surface area contributed by atoms with E-state index in [1.54, 1.807) is 0 Å². The Morgan fingerprint density at radius 2 is 2.00 bits per heavy atom. The second-order valence-electron chi connectivity index (χ2n) is 6.50. The second-order valence-corrected chi connectivity index (χ2v) is 6.50. The summed E-state index contributed by atoms with van der Waals surface area (Å²) in [6.45, 7) is 7.19. The molecule has 0 spiro atoms. The number of hydrogen-bond donors (Lipinski definition) is 1. The summed E-state index contributed by atoms with van der Waals surface area (Å²) in [5, 5.41) is 3.41. The van der Waals surface area contributed by atoms with Crippen molar-refractivity contribution in [2.75, 3.05) is 19.6 Å². The van der Waals surface area contributed by atoms with Crippen molar-refractivity contribution in [3.63, 3.8) is 0 Å². The van der Waals surface area contributed by atoms with Crippen molar-refractivity contribution in [3.05, 3.63) is 0 Å². The Bertz CT molecular complexity index is 284. The fraction of sp³-hybridized carbons (Fsp3) is 0.938. The molecular weight excluding hydrogens is 236 g/mol. The van der Waals surface area contributed by atoms with Crippen molar-refractivity contribution < 1.29 is 4.79 Å². The van der Waals surface area contributed by atoms with E-state index in [-0.39, 0.29) is 0 Å². The first-order valence-electron chi connectivity index (χ1n) is 8.23. The van der Waals surface area contributed by atoms with Gasteiger partial charge >= 0.3 is 0 Å². The Morgan fingerprint density at radius 1 is 1.26 bits per heavy atom. The summed E-state index contributed by atoms with van der Waals surface area (Å²) in [6, 6.07) is 0.457. The first kappa shape index (κ1) is 14.8. The van der Waals surface area contributed by atoms with Gasteiger partial charge in [-0.15, -0.1) is 0 Å². The van der Waals surface area contributed by atoms with Gasteiger partial charge < -0.3 is 10.2 Å². The van der Waals surface area contributed by atoms with Crippen molar-refractivity contribution in [2.24, 2.45) is 11.8 Å². The van der Waals surface area contributed by atoms with Crippen LogP contribution in [0, 0.1) is 11.8 Å². The van der Waals surface area contributed by atoms with Crippen LogP contribution in [0.2, 0.25) is 0 Å². The highest BCUT2D eigenvalue weighted by Gasteiger charge is 2.30. The van der Waals surface area contributed by atoms with E-state index in [1.807, 2.05) is 0 Å². The van der Waals surface area contributed by atoms with Crippen molar-refractivity contribution in [1.82, 2.24) is 10.2 Å². The minimum absolute atomic E-state index is 0.322. The Labute approximate surface area is 118 Å². The molecule has 1 heterocycles. The fourth-order valence-corrected chi connectivity index (χ4v) is 3.58. The molecule has 1 atom stereocenters. The lowest BCUT2D eigenvalue weighted by Gasteiger charge is -2.36. The average Bonchev–Trinajstić information content (AvgIpc) is 2.45. The van der Waals surface area contributed by atoms with Crippen LogP contribution in [-0.4, -0.2) is 36.5 Å². The number of piperazine rings is 1. The van der Waals surface area contributed by atoms with Gasteiger partial charge in [0.2, 0.25) is 5.91 Å². The second kappa shape index (κ2) is 7.28. The van der Waals surface area contributed by atoms with Crippen LogP contribution in [0.25, 0.3) is 0 Å². The highest BCUT2D eigenvalue weighted by molar-refractivity contribution is 5.79. The molecule has 0 radical (unpaired) electrons. The molecule has 0 unspecified atom stereocenters. The number of nitrogens with zero attached hydrogens (tertiary/aromatic N) is 1. The van der Waals surface area contributed by atoms with Gasteiger partial charge in [-0.05, 0) is 38.5 Å². The first-order valence-corrected chi connectivity index (χ1v) is 8.23. The zero-order chi connectivity index (χ0) is 13.7. The molecule has 2 rings (SSSR count). The Hall–Kier alpha value is -0.570. The topological polar surface area (TPSA) is 32.3 Å². The predicted molar refractivity (Wildman–Crippen MR) is 79.0 cm³/mol. The van der Waals surface area contributed by atoms with Gasteiger partial charge in [-0.25, -0.2) is 0 Å². The summed E-state index contributed by atoms with van der Waals surface area (Å²) in [4.78, 5) is 14.6. The van der Waals surface area contributed by atoms with Crippen LogP contribution in [0.1, 0.15) is 58.8 Å². The Kier molecular flexibility index (Phi) is 5.68. The van der Waals surface area contributed by atoms with E-state index >= 15 is 0 Å².